The van der Waals surface area contributed by atoms with Gasteiger partial charge in [0, 0.05) is 0 Å². The molecule has 0 bridgehead atoms. The molecular weight excluding hydrogens is 192 g/mol. The van der Waals surface area contributed by atoms with E-state index in [0.717, 1.165) is 45.7 Å². The third-order valence-electron chi connectivity index (χ3n) is 2.77. The Labute approximate surface area is 92.4 Å². The lowest BCUT2D eigenvalue weighted by Crippen LogP contribution is -2.42. The van der Waals surface area contributed by atoms with Gasteiger partial charge < -0.3 is 14.2 Å². The predicted molar refractivity (Wildman–Crippen MR) is 59.8 cm³/mol. The zero-order chi connectivity index (χ0) is 11.0. The first-order valence-electron chi connectivity index (χ1n) is 5.77. The second-order valence-corrected chi connectivity index (χ2v) is 3.88. The van der Waals surface area contributed by atoms with Gasteiger partial charge in [-0.05, 0) is 26.2 Å². The lowest BCUT2D eigenvalue weighted by atomic mass is 9.95. The molecule has 0 N–H and O–H groups in total. The molecule has 0 aromatic heterocycles. The molecule has 0 aromatic carbocycles. The first-order valence-corrected chi connectivity index (χ1v) is 5.77. The van der Waals surface area contributed by atoms with E-state index in [1.807, 2.05) is 13.0 Å². The minimum Gasteiger partial charge on any atom is -0.502 e. The zero-order valence-corrected chi connectivity index (χ0v) is 9.83. The van der Waals surface area contributed by atoms with Crippen molar-refractivity contribution in [2.45, 2.75) is 38.7 Å². The number of hydrogen-bond donors (Lipinski definition) is 0. The van der Waals surface area contributed by atoms with Crippen molar-refractivity contribution in [1.82, 2.24) is 0 Å². The van der Waals surface area contributed by atoms with E-state index >= 15 is 0 Å². The van der Waals surface area contributed by atoms with Gasteiger partial charge in [-0.2, -0.15) is 0 Å². The van der Waals surface area contributed by atoms with Crippen LogP contribution in [0, 0.1) is 0 Å². The van der Waals surface area contributed by atoms with Crippen LogP contribution in [-0.2, 0) is 14.2 Å². The van der Waals surface area contributed by atoms with E-state index in [-0.39, 0.29) is 5.60 Å². The van der Waals surface area contributed by atoms with E-state index in [9.17, 15) is 0 Å². The van der Waals surface area contributed by atoms with E-state index in [0.29, 0.717) is 0 Å². The highest BCUT2D eigenvalue weighted by Crippen LogP contribution is 2.25. The smallest absolute Gasteiger partial charge is 0.0914 e. The molecule has 1 fully saturated rings. The topological polar surface area (TPSA) is 27.7 Å². The van der Waals surface area contributed by atoms with Crippen LogP contribution in [0.1, 0.15) is 33.1 Å². The standard InChI is InChI=1S/C12H22O3/c1-3-7-13-8-5-6-12(4-2)11-14-9-10-15-12/h3,7H,4-6,8-11H2,1-2H3/b7-3+. The fourth-order valence-corrected chi connectivity index (χ4v) is 1.78. The normalized spacial score (nSPS) is 27.1. The summed E-state index contributed by atoms with van der Waals surface area (Å²) in [5, 5.41) is 0. The summed E-state index contributed by atoms with van der Waals surface area (Å²) < 4.78 is 16.6. The van der Waals surface area contributed by atoms with Crippen molar-refractivity contribution < 1.29 is 14.2 Å². The van der Waals surface area contributed by atoms with Gasteiger partial charge in [0.15, 0.2) is 0 Å². The van der Waals surface area contributed by atoms with Gasteiger partial charge in [0.1, 0.15) is 0 Å². The van der Waals surface area contributed by atoms with Gasteiger partial charge in [-0.3, -0.25) is 0 Å². The Morgan fingerprint density at radius 3 is 2.87 bits per heavy atom. The maximum Gasteiger partial charge on any atom is 0.0914 e. The maximum absolute atomic E-state index is 5.82. The molecule has 1 aliphatic heterocycles. The summed E-state index contributed by atoms with van der Waals surface area (Å²) in [6.07, 6.45) is 6.67. The van der Waals surface area contributed by atoms with Crippen LogP contribution < -0.4 is 0 Å². The summed E-state index contributed by atoms with van der Waals surface area (Å²) in [6.45, 7) is 7.05. The minimum atomic E-state index is -0.0580. The summed E-state index contributed by atoms with van der Waals surface area (Å²) >= 11 is 0. The average Bonchev–Trinajstić information content (AvgIpc) is 2.30. The van der Waals surface area contributed by atoms with Gasteiger partial charge in [-0.15, -0.1) is 0 Å². The van der Waals surface area contributed by atoms with Crippen LogP contribution in [0.2, 0.25) is 0 Å². The van der Waals surface area contributed by atoms with Gasteiger partial charge >= 0.3 is 0 Å². The molecule has 1 rings (SSSR count). The molecule has 0 radical (unpaired) electrons. The molecule has 0 aliphatic carbocycles. The fourth-order valence-electron chi connectivity index (χ4n) is 1.78. The number of ether oxygens (including phenoxy) is 3. The molecule has 1 heterocycles. The predicted octanol–water partition coefficient (Wildman–Crippen LogP) is 2.51. The van der Waals surface area contributed by atoms with Crippen molar-refractivity contribution in [3.8, 4) is 0 Å². The molecule has 1 aliphatic rings. The first-order chi connectivity index (χ1) is 7.33. The Kier molecular flexibility index (Phi) is 5.73. The molecule has 1 atom stereocenters. The first kappa shape index (κ1) is 12.5. The van der Waals surface area contributed by atoms with Crippen molar-refractivity contribution in [3.63, 3.8) is 0 Å². The van der Waals surface area contributed by atoms with E-state index in [1.54, 1.807) is 6.26 Å². The van der Waals surface area contributed by atoms with E-state index in [4.69, 9.17) is 14.2 Å². The van der Waals surface area contributed by atoms with Gasteiger partial charge in [-0.25, -0.2) is 0 Å². The lowest BCUT2D eigenvalue weighted by Gasteiger charge is -2.36. The Morgan fingerprint density at radius 1 is 1.40 bits per heavy atom. The maximum atomic E-state index is 5.82. The van der Waals surface area contributed by atoms with E-state index < -0.39 is 0 Å². The van der Waals surface area contributed by atoms with Gasteiger partial charge in [-0.1, -0.05) is 13.0 Å². The summed E-state index contributed by atoms with van der Waals surface area (Å²) in [7, 11) is 0. The second-order valence-electron chi connectivity index (χ2n) is 3.88. The Balaban J connectivity index is 2.20. The lowest BCUT2D eigenvalue weighted by molar-refractivity contribution is -0.163. The van der Waals surface area contributed by atoms with Crippen molar-refractivity contribution in [3.05, 3.63) is 12.3 Å². The minimum absolute atomic E-state index is 0.0580. The van der Waals surface area contributed by atoms with Crippen LogP contribution in [-0.4, -0.2) is 32.0 Å². The van der Waals surface area contributed by atoms with Crippen molar-refractivity contribution >= 4 is 0 Å². The molecule has 0 amide bonds. The van der Waals surface area contributed by atoms with Gasteiger partial charge in [0.2, 0.25) is 0 Å². The van der Waals surface area contributed by atoms with Crippen molar-refractivity contribution in [2.24, 2.45) is 0 Å². The van der Waals surface area contributed by atoms with E-state index in [2.05, 4.69) is 6.92 Å². The molecule has 0 saturated carbocycles. The van der Waals surface area contributed by atoms with Crippen LogP contribution in [0.15, 0.2) is 12.3 Å². The third-order valence-corrected chi connectivity index (χ3v) is 2.77. The van der Waals surface area contributed by atoms with Gasteiger partial charge in [0.05, 0.1) is 38.3 Å². The van der Waals surface area contributed by atoms with Crippen LogP contribution in [0.4, 0.5) is 0 Å². The Hall–Kier alpha value is -0.540. The van der Waals surface area contributed by atoms with Crippen LogP contribution >= 0.6 is 0 Å². The molecule has 0 aromatic rings. The summed E-state index contributed by atoms with van der Waals surface area (Å²) in [4.78, 5) is 0. The molecule has 3 heteroatoms. The summed E-state index contributed by atoms with van der Waals surface area (Å²) in [6, 6.07) is 0. The highest BCUT2D eigenvalue weighted by atomic mass is 16.6. The van der Waals surface area contributed by atoms with Crippen LogP contribution in [0.25, 0.3) is 0 Å². The quantitative estimate of drug-likeness (QED) is 0.502. The SMILES string of the molecule is C/C=C/OCCCC1(CC)COCCO1. The third kappa shape index (κ3) is 4.22. The number of hydrogen-bond acceptors (Lipinski definition) is 3. The molecule has 3 nitrogen and oxygen atoms in total. The molecule has 1 unspecified atom stereocenters. The zero-order valence-electron chi connectivity index (χ0n) is 9.83. The molecule has 1 saturated heterocycles. The average molecular weight is 214 g/mol. The second kappa shape index (κ2) is 6.85. The Morgan fingerprint density at radius 2 is 2.27 bits per heavy atom. The summed E-state index contributed by atoms with van der Waals surface area (Å²) in [5.74, 6) is 0. The molecule has 88 valence electrons. The van der Waals surface area contributed by atoms with Crippen LogP contribution in [0.3, 0.4) is 0 Å². The molecule has 15 heavy (non-hydrogen) atoms. The highest BCUT2D eigenvalue weighted by molar-refractivity contribution is 4.81. The number of allylic oxidation sites excluding steroid dienone is 1. The monoisotopic (exact) mass is 214 g/mol. The molecule has 0 spiro atoms. The molecular formula is C12H22O3. The fraction of sp³-hybridized carbons (Fsp3) is 0.833. The van der Waals surface area contributed by atoms with Crippen LogP contribution in [0.5, 0.6) is 0 Å². The van der Waals surface area contributed by atoms with Crippen molar-refractivity contribution in [1.29, 1.82) is 0 Å². The number of rotatable bonds is 6. The summed E-state index contributed by atoms with van der Waals surface area (Å²) in [5.41, 5.74) is -0.0580. The van der Waals surface area contributed by atoms with Gasteiger partial charge in [0.25, 0.3) is 0 Å². The highest BCUT2D eigenvalue weighted by Gasteiger charge is 2.31. The Bertz CT molecular complexity index is 183. The van der Waals surface area contributed by atoms with Crippen molar-refractivity contribution in [2.75, 3.05) is 26.4 Å². The van der Waals surface area contributed by atoms with E-state index in [1.165, 1.54) is 0 Å². The largest absolute Gasteiger partial charge is 0.502 e.